The minimum absolute atomic E-state index is 0. The number of amides is 1. The zero-order valence-corrected chi connectivity index (χ0v) is 17.3. The van der Waals surface area contributed by atoms with Gasteiger partial charge >= 0.3 is 0 Å². The highest BCUT2D eigenvalue weighted by Crippen LogP contribution is 2.50. The van der Waals surface area contributed by atoms with Gasteiger partial charge in [0.2, 0.25) is 5.91 Å². The van der Waals surface area contributed by atoms with Crippen LogP contribution < -0.4 is 10.6 Å². The van der Waals surface area contributed by atoms with Gasteiger partial charge in [-0.1, -0.05) is 31.5 Å². The first-order valence-corrected chi connectivity index (χ1v) is 9.38. The van der Waals surface area contributed by atoms with Gasteiger partial charge in [0.25, 0.3) is 0 Å². The van der Waals surface area contributed by atoms with Crippen molar-refractivity contribution in [1.29, 1.82) is 0 Å². The molecule has 0 radical (unpaired) electrons. The molecule has 26 heavy (non-hydrogen) atoms. The number of benzene rings is 1. The van der Waals surface area contributed by atoms with Crippen molar-refractivity contribution >= 4 is 35.6 Å². The Morgan fingerprint density at radius 2 is 1.96 bits per heavy atom. The van der Waals surface area contributed by atoms with Crippen molar-refractivity contribution in [3.05, 3.63) is 29.3 Å². The van der Waals surface area contributed by atoms with E-state index in [-0.39, 0.29) is 29.8 Å². The lowest BCUT2D eigenvalue weighted by Gasteiger charge is -2.59. The highest BCUT2D eigenvalue weighted by atomic mass is 35.5. The fourth-order valence-electron chi connectivity index (χ4n) is 3.92. The standard InChI is InChI=1S/C19H28ClN3O2.ClH/c1-4-25-16-13-19(21,18(16,2)3)17(24)23-10-8-22(9-11-23)15-7-5-6-14(20)12-15;/h5-7,12,16H,4,8-11,13,21H2,1-3H3;1H. The third-order valence-corrected chi connectivity index (χ3v) is 6.19. The summed E-state index contributed by atoms with van der Waals surface area (Å²) in [5.41, 5.74) is 6.47. The minimum Gasteiger partial charge on any atom is -0.378 e. The van der Waals surface area contributed by atoms with Crippen LogP contribution in [0.2, 0.25) is 5.02 Å². The molecular weight excluding hydrogens is 373 g/mol. The van der Waals surface area contributed by atoms with Crippen LogP contribution in [-0.4, -0.2) is 55.2 Å². The first-order valence-electron chi connectivity index (χ1n) is 9.00. The fourth-order valence-corrected chi connectivity index (χ4v) is 4.11. The third-order valence-electron chi connectivity index (χ3n) is 5.95. The molecule has 1 amide bonds. The normalized spacial score (nSPS) is 27.5. The van der Waals surface area contributed by atoms with Gasteiger partial charge in [0.15, 0.2) is 0 Å². The summed E-state index contributed by atoms with van der Waals surface area (Å²) < 4.78 is 5.74. The lowest BCUT2D eigenvalue weighted by Crippen LogP contribution is -2.76. The van der Waals surface area contributed by atoms with E-state index in [1.165, 1.54) is 0 Å². The Labute approximate surface area is 167 Å². The Morgan fingerprint density at radius 3 is 2.50 bits per heavy atom. The molecule has 1 aromatic carbocycles. The van der Waals surface area contributed by atoms with Crippen LogP contribution in [0.4, 0.5) is 5.69 Å². The van der Waals surface area contributed by atoms with Crippen LogP contribution in [0.5, 0.6) is 0 Å². The molecule has 1 aromatic rings. The molecule has 2 aliphatic rings. The van der Waals surface area contributed by atoms with Gasteiger partial charge in [-0.2, -0.15) is 0 Å². The van der Waals surface area contributed by atoms with Crippen molar-refractivity contribution in [3.63, 3.8) is 0 Å². The minimum atomic E-state index is -0.828. The van der Waals surface area contributed by atoms with Gasteiger partial charge in [0, 0.05) is 55.3 Å². The van der Waals surface area contributed by atoms with Gasteiger partial charge in [-0.05, 0) is 25.1 Å². The highest BCUT2D eigenvalue weighted by Gasteiger charge is 2.63. The summed E-state index contributed by atoms with van der Waals surface area (Å²) in [4.78, 5) is 17.2. The van der Waals surface area contributed by atoms with E-state index in [9.17, 15) is 4.79 Å². The van der Waals surface area contributed by atoms with Gasteiger partial charge in [-0.3, -0.25) is 4.79 Å². The predicted molar refractivity (Wildman–Crippen MR) is 108 cm³/mol. The summed E-state index contributed by atoms with van der Waals surface area (Å²) >= 11 is 6.08. The first-order chi connectivity index (χ1) is 11.8. The van der Waals surface area contributed by atoms with Crippen molar-refractivity contribution in [1.82, 2.24) is 4.90 Å². The molecule has 146 valence electrons. The van der Waals surface area contributed by atoms with Gasteiger partial charge in [0.1, 0.15) is 5.54 Å². The molecule has 1 saturated heterocycles. The Morgan fingerprint density at radius 1 is 1.31 bits per heavy atom. The Bertz CT molecular complexity index is 647. The smallest absolute Gasteiger partial charge is 0.243 e. The Balaban J connectivity index is 0.00000243. The number of hydrogen-bond acceptors (Lipinski definition) is 4. The molecule has 1 aliphatic heterocycles. The third kappa shape index (κ3) is 3.55. The maximum absolute atomic E-state index is 13.1. The van der Waals surface area contributed by atoms with Crippen LogP contribution in [0.15, 0.2) is 24.3 Å². The largest absolute Gasteiger partial charge is 0.378 e. The van der Waals surface area contributed by atoms with E-state index in [0.717, 1.165) is 23.8 Å². The van der Waals surface area contributed by atoms with E-state index in [1.807, 2.05) is 43.9 Å². The van der Waals surface area contributed by atoms with Gasteiger partial charge < -0.3 is 20.3 Å². The van der Waals surface area contributed by atoms with Crippen LogP contribution in [-0.2, 0) is 9.53 Å². The monoisotopic (exact) mass is 401 g/mol. The van der Waals surface area contributed by atoms with Gasteiger partial charge in [-0.25, -0.2) is 0 Å². The molecule has 7 heteroatoms. The van der Waals surface area contributed by atoms with E-state index in [1.54, 1.807) is 0 Å². The number of nitrogens with zero attached hydrogens (tertiary/aromatic N) is 2. The number of halogens is 2. The average Bonchev–Trinajstić information content (AvgIpc) is 2.61. The predicted octanol–water partition coefficient (Wildman–Crippen LogP) is 2.94. The van der Waals surface area contributed by atoms with E-state index >= 15 is 0 Å². The first kappa shape index (κ1) is 21.3. The summed E-state index contributed by atoms with van der Waals surface area (Å²) in [7, 11) is 0. The Kier molecular flexibility index (Phi) is 6.49. The average molecular weight is 402 g/mol. The lowest BCUT2D eigenvalue weighted by molar-refractivity contribution is -0.179. The SMILES string of the molecule is CCOC1CC(N)(C(=O)N2CCN(c3cccc(Cl)c3)CC2)C1(C)C.Cl. The second-order valence-electron chi connectivity index (χ2n) is 7.60. The molecule has 2 unspecified atom stereocenters. The van der Waals surface area contributed by atoms with Crippen LogP contribution >= 0.6 is 24.0 Å². The summed E-state index contributed by atoms with van der Waals surface area (Å²) in [6.07, 6.45) is 0.653. The molecule has 2 atom stereocenters. The number of carbonyl (C=O) groups excluding carboxylic acids is 1. The van der Waals surface area contributed by atoms with Gasteiger partial charge in [0.05, 0.1) is 6.10 Å². The molecule has 0 bridgehead atoms. The van der Waals surface area contributed by atoms with Crippen LogP contribution in [0.3, 0.4) is 0 Å². The van der Waals surface area contributed by atoms with Crippen molar-refractivity contribution in [3.8, 4) is 0 Å². The van der Waals surface area contributed by atoms with E-state index < -0.39 is 5.54 Å². The number of rotatable bonds is 4. The van der Waals surface area contributed by atoms with E-state index in [0.29, 0.717) is 26.1 Å². The van der Waals surface area contributed by atoms with Gasteiger partial charge in [-0.15, -0.1) is 12.4 Å². The maximum atomic E-state index is 13.1. The van der Waals surface area contributed by atoms with Crippen molar-refractivity contribution in [2.75, 3.05) is 37.7 Å². The van der Waals surface area contributed by atoms with Crippen LogP contribution in [0.1, 0.15) is 27.2 Å². The number of hydrogen-bond donors (Lipinski definition) is 1. The Hall–Kier alpha value is -1.01. The number of piperazine rings is 1. The van der Waals surface area contributed by atoms with Crippen LogP contribution in [0.25, 0.3) is 0 Å². The molecule has 0 spiro atoms. The molecule has 3 rings (SSSR count). The summed E-state index contributed by atoms with van der Waals surface area (Å²) in [5, 5.41) is 0.732. The molecule has 5 nitrogen and oxygen atoms in total. The van der Waals surface area contributed by atoms with Crippen LogP contribution in [0, 0.1) is 5.41 Å². The molecular formula is C19H29Cl2N3O2. The quantitative estimate of drug-likeness (QED) is 0.842. The zero-order chi connectivity index (χ0) is 18.2. The number of carbonyl (C=O) groups is 1. The number of nitrogens with two attached hydrogens (primary N) is 1. The lowest BCUT2D eigenvalue weighted by atomic mass is 9.54. The zero-order valence-electron chi connectivity index (χ0n) is 15.7. The summed E-state index contributed by atoms with van der Waals surface area (Å²) in [6, 6.07) is 7.84. The molecule has 1 aliphatic carbocycles. The second kappa shape index (κ2) is 7.93. The summed E-state index contributed by atoms with van der Waals surface area (Å²) in [6.45, 7) is 9.64. The number of ether oxygens (including phenoxy) is 1. The maximum Gasteiger partial charge on any atom is 0.243 e. The van der Waals surface area contributed by atoms with Crippen molar-refractivity contribution in [2.24, 2.45) is 11.1 Å². The molecule has 1 heterocycles. The van der Waals surface area contributed by atoms with E-state index in [4.69, 9.17) is 22.1 Å². The molecule has 2 N–H and O–H groups in total. The van der Waals surface area contributed by atoms with E-state index in [2.05, 4.69) is 11.0 Å². The molecule has 2 fully saturated rings. The topological polar surface area (TPSA) is 58.8 Å². The van der Waals surface area contributed by atoms with Crippen molar-refractivity contribution in [2.45, 2.75) is 38.8 Å². The van der Waals surface area contributed by atoms with Crippen molar-refractivity contribution < 1.29 is 9.53 Å². The number of anilines is 1. The second-order valence-corrected chi connectivity index (χ2v) is 8.04. The molecule has 1 saturated carbocycles. The highest BCUT2D eigenvalue weighted by molar-refractivity contribution is 6.30. The molecule has 0 aromatic heterocycles. The fraction of sp³-hybridized carbons (Fsp3) is 0.632. The summed E-state index contributed by atoms with van der Waals surface area (Å²) in [5.74, 6) is 0.0548.